The van der Waals surface area contributed by atoms with Gasteiger partial charge in [-0.1, -0.05) is 0 Å². The van der Waals surface area contributed by atoms with Gasteiger partial charge in [-0.05, 0) is 48.0 Å². The molecule has 0 aliphatic rings. The van der Waals surface area contributed by atoms with Crippen molar-refractivity contribution in [3.63, 3.8) is 0 Å². The molecule has 0 aliphatic heterocycles. The number of halogens is 1. The van der Waals surface area contributed by atoms with Gasteiger partial charge in [0.25, 0.3) is 10.0 Å². The highest BCUT2D eigenvalue weighted by atomic mass is 79.9. The van der Waals surface area contributed by atoms with E-state index in [4.69, 9.17) is 5.73 Å². The molecule has 4 N–H and O–H groups in total. The van der Waals surface area contributed by atoms with Crippen LogP contribution in [0.25, 0.3) is 0 Å². The second kappa shape index (κ2) is 4.86. The molecule has 1 heterocycles. The molecule has 0 atom stereocenters. The second-order valence-corrected chi connectivity index (χ2v) is 6.65. The zero-order valence-electron chi connectivity index (χ0n) is 10.4. The second-order valence-electron chi connectivity index (χ2n) is 4.11. The molecule has 1 aromatic heterocycles. The molecule has 0 unspecified atom stereocenters. The van der Waals surface area contributed by atoms with Crippen LogP contribution >= 0.6 is 15.9 Å². The van der Waals surface area contributed by atoms with Gasteiger partial charge in [-0.3, -0.25) is 9.82 Å². The standard InChI is InChI=1S/C11H13BrN4O2S/c1-6-7(2)14-15-11(6)16-19(17,18)8-3-4-9(12)10(13)5-8/h3-5H,13H2,1-2H3,(H2,14,15,16). The van der Waals surface area contributed by atoms with E-state index in [2.05, 4.69) is 30.8 Å². The number of anilines is 2. The Kier molecular flexibility index (Phi) is 3.55. The molecule has 6 nitrogen and oxygen atoms in total. The number of benzene rings is 1. The molecule has 2 aromatic rings. The summed E-state index contributed by atoms with van der Waals surface area (Å²) in [6.45, 7) is 3.60. The number of nitrogens with two attached hydrogens (primary N) is 1. The van der Waals surface area contributed by atoms with Crippen LogP contribution in [0, 0.1) is 13.8 Å². The number of H-pyrrole nitrogens is 1. The van der Waals surface area contributed by atoms with Gasteiger partial charge in [-0.25, -0.2) is 8.42 Å². The van der Waals surface area contributed by atoms with Gasteiger partial charge in [0.1, 0.15) is 0 Å². The van der Waals surface area contributed by atoms with Crippen LogP contribution in [0.2, 0.25) is 0 Å². The van der Waals surface area contributed by atoms with Crippen LogP contribution in [-0.2, 0) is 10.0 Å². The molecule has 1 aromatic carbocycles. The Morgan fingerprint density at radius 3 is 2.58 bits per heavy atom. The van der Waals surface area contributed by atoms with Crippen molar-refractivity contribution in [1.29, 1.82) is 0 Å². The molecule has 0 saturated carbocycles. The predicted octanol–water partition coefficient (Wildman–Crippen LogP) is 2.17. The van der Waals surface area contributed by atoms with Gasteiger partial charge in [0.2, 0.25) is 0 Å². The first-order valence-corrected chi connectivity index (χ1v) is 7.68. The maximum atomic E-state index is 12.2. The fourth-order valence-corrected chi connectivity index (χ4v) is 2.81. The van der Waals surface area contributed by atoms with Crippen LogP contribution in [0.3, 0.4) is 0 Å². The molecular weight excluding hydrogens is 332 g/mol. The molecule has 19 heavy (non-hydrogen) atoms. The fraction of sp³-hybridized carbons (Fsp3) is 0.182. The number of aromatic amines is 1. The summed E-state index contributed by atoms with van der Waals surface area (Å²) in [6.07, 6.45) is 0. The minimum atomic E-state index is -3.70. The Balaban J connectivity index is 2.37. The van der Waals surface area contributed by atoms with Crippen molar-refractivity contribution in [1.82, 2.24) is 10.2 Å². The molecule has 2 rings (SSSR count). The molecule has 8 heteroatoms. The first-order chi connectivity index (χ1) is 8.81. The number of nitrogen functional groups attached to an aromatic ring is 1. The van der Waals surface area contributed by atoms with Crippen LogP contribution in [-0.4, -0.2) is 18.6 Å². The molecule has 0 radical (unpaired) electrons. The van der Waals surface area contributed by atoms with Crippen molar-refractivity contribution < 1.29 is 8.42 Å². The van der Waals surface area contributed by atoms with Gasteiger partial charge in [-0.2, -0.15) is 5.10 Å². The van der Waals surface area contributed by atoms with Crippen LogP contribution in [0.4, 0.5) is 11.5 Å². The van der Waals surface area contributed by atoms with E-state index >= 15 is 0 Å². The molecule has 0 bridgehead atoms. The quantitative estimate of drug-likeness (QED) is 0.742. The number of rotatable bonds is 3. The molecule has 0 amide bonds. The van der Waals surface area contributed by atoms with Crippen LogP contribution in [0.5, 0.6) is 0 Å². The minimum Gasteiger partial charge on any atom is -0.398 e. The van der Waals surface area contributed by atoms with E-state index in [1.807, 2.05) is 6.92 Å². The summed E-state index contributed by atoms with van der Waals surface area (Å²) in [6, 6.07) is 4.45. The third-order valence-electron chi connectivity index (χ3n) is 2.76. The largest absolute Gasteiger partial charge is 0.398 e. The highest BCUT2D eigenvalue weighted by Gasteiger charge is 2.18. The minimum absolute atomic E-state index is 0.0910. The smallest absolute Gasteiger partial charge is 0.263 e. The lowest BCUT2D eigenvalue weighted by Crippen LogP contribution is -2.14. The molecule has 0 fully saturated rings. The van der Waals surface area contributed by atoms with E-state index < -0.39 is 10.0 Å². The van der Waals surface area contributed by atoms with Crippen molar-refractivity contribution in [3.05, 3.63) is 33.9 Å². The lowest BCUT2D eigenvalue weighted by Gasteiger charge is -2.08. The van der Waals surface area contributed by atoms with Crippen molar-refractivity contribution in [2.75, 3.05) is 10.5 Å². The van der Waals surface area contributed by atoms with E-state index in [1.54, 1.807) is 13.0 Å². The number of sulfonamides is 1. The van der Waals surface area contributed by atoms with Gasteiger partial charge >= 0.3 is 0 Å². The summed E-state index contributed by atoms with van der Waals surface area (Å²) in [5.41, 5.74) is 7.61. The molecule has 0 saturated heterocycles. The van der Waals surface area contributed by atoms with E-state index in [0.29, 0.717) is 16.0 Å². The predicted molar refractivity (Wildman–Crippen MR) is 77.4 cm³/mol. The topological polar surface area (TPSA) is 101 Å². The Morgan fingerprint density at radius 2 is 2.05 bits per heavy atom. The number of nitrogens with zero attached hydrogens (tertiary/aromatic N) is 1. The molecule has 0 spiro atoms. The maximum Gasteiger partial charge on any atom is 0.263 e. The van der Waals surface area contributed by atoms with Gasteiger partial charge in [-0.15, -0.1) is 0 Å². The molecule has 102 valence electrons. The van der Waals surface area contributed by atoms with E-state index in [-0.39, 0.29) is 4.90 Å². The lowest BCUT2D eigenvalue weighted by molar-refractivity contribution is 0.601. The summed E-state index contributed by atoms with van der Waals surface area (Å²) < 4.78 is 27.5. The Morgan fingerprint density at radius 1 is 1.37 bits per heavy atom. The van der Waals surface area contributed by atoms with Crippen molar-refractivity contribution in [3.8, 4) is 0 Å². The van der Waals surface area contributed by atoms with Gasteiger partial charge in [0.05, 0.1) is 4.90 Å². The number of hydrogen-bond donors (Lipinski definition) is 3. The fourth-order valence-electron chi connectivity index (χ4n) is 1.46. The summed E-state index contributed by atoms with van der Waals surface area (Å²) in [5.74, 6) is 0.291. The summed E-state index contributed by atoms with van der Waals surface area (Å²) in [7, 11) is -3.70. The van der Waals surface area contributed by atoms with Crippen LogP contribution < -0.4 is 10.5 Å². The van der Waals surface area contributed by atoms with E-state index in [9.17, 15) is 8.42 Å². The first kappa shape index (κ1) is 13.9. The van der Waals surface area contributed by atoms with Crippen molar-refractivity contribution in [2.45, 2.75) is 18.7 Å². The van der Waals surface area contributed by atoms with Crippen molar-refractivity contribution >= 4 is 37.5 Å². The Bertz CT molecular complexity index is 724. The lowest BCUT2D eigenvalue weighted by atomic mass is 10.3. The van der Waals surface area contributed by atoms with Gasteiger partial charge < -0.3 is 5.73 Å². The summed E-state index contributed by atoms with van der Waals surface area (Å²) in [4.78, 5) is 0.0910. The van der Waals surface area contributed by atoms with E-state index in [0.717, 1.165) is 11.3 Å². The summed E-state index contributed by atoms with van der Waals surface area (Å²) in [5, 5.41) is 6.63. The summed E-state index contributed by atoms with van der Waals surface area (Å²) >= 11 is 3.22. The Labute approximate surface area is 119 Å². The third-order valence-corrected chi connectivity index (χ3v) is 4.82. The Hall–Kier alpha value is -1.54. The highest BCUT2D eigenvalue weighted by molar-refractivity contribution is 9.10. The average Bonchev–Trinajstić information content (AvgIpc) is 2.64. The first-order valence-electron chi connectivity index (χ1n) is 5.40. The molecule has 0 aliphatic carbocycles. The SMILES string of the molecule is Cc1[nH]nc(NS(=O)(=O)c2ccc(Br)c(N)c2)c1C. The van der Waals surface area contributed by atoms with Crippen molar-refractivity contribution in [2.24, 2.45) is 0 Å². The zero-order valence-corrected chi connectivity index (χ0v) is 12.8. The van der Waals surface area contributed by atoms with Crippen LogP contribution in [0.15, 0.2) is 27.6 Å². The molecular formula is C11H13BrN4O2S. The van der Waals surface area contributed by atoms with Gasteiger partial charge in [0, 0.05) is 21.4 Å². The highest BCUT2D eigenvalue weighted by Crippen LogP contribution is 2.25. The number of aromatic nitrogens is 2. The maximum absolute atomic E-state index is 12.2. The average molecular weight is 345 g/mol. The number of nitrogens with one attached hydrogen (secondary N) is 2. The number of aryl methyl sites for hydroxylation is 1. The zero-order chi connectivity index (χ0) is 14.2. The normalized spacial score (nSPS) is 11.5. The van der Waals surface area contributed by atoms with Gasteiger partial charge in [0.15, 0.2) is 5.82 Å². The monoisotopic (exact) mass is 344 g/mol. The van der Waals surface area contributed by atoms with Crippen LogP contribution in [0.1, 0.15) is 11.3 Å². The number of hydrogen-bond acceptors (Lipinski definition) is 4. The van der Waals surface area contributed by atoms with E-state index in [1.165, 1.54) is 12.1 Å². The third kappa shape index (κ3) is 2.74.